The molecule has 0 unspecified atom stereocenters. The molecule has 0 N–H and O–H groups in total. The van der Waals surface area contributed by atoms with Gasteiger partial charge in [-0.25, -0.2) is 0 Å². The summed E-state index contributed by atoms with van der Waals surface area (Å²) in [6.07, 6.45) is 0. The van der Waals surface area contributed by atoms with Gasteiger partial charge >= 0.3 is 5.69 Å². The first-order valence-electron chi connectivity index (χ1n) is 7.64. The number of nitro groups is 1. The van der Waals surface area contributed by atoms with Crippen LogP contribution in [0.3, 0.4) is 0 Å². The Balaban J connectivity index is 2.30. The van der Waals surface area contributed by atoms with Crippen LogP contribution in [0.2, 0.25) is 0 Å². The van der Waals surface area contributed by atoms with E-state index in [1.807, 2.05) is 38.1 Å². The first-order valence-corrected chi connectivity index (χ1v) is 7.64. The number of ether oxygens (including phenoxy) is 1. The van der Waals surface area contributed by atoms with Crippen LogP contribution in [0.4, 0.5) is 5.69 Å². The van der Waals surface area contributed by atoms with Crippen LogP contribution >= 0.6 is 0 Å². The standard InChI is InChI=1S/C18H20N2O4/c1-4-19(12-15-8-6-5-7-13(15)2)18(21)14-9-10-17(24-3)16(11-14)20(22)23/h5-11H,4,12H2,1-3H3. The minimum Gasteiger partial charge on any atom is -0.490 e. The third-order valence-corrected chi connectivity index (χ3v) is 3.91. The number of aryl methyl sites for hydroxylation is 1. The zero-order valence-corrected chi connectivity index (χ0v) is 14.0. The lowest BCUT2D eigenvalue weighted by Gasteiger charge is -2.22. The van der Waals surface area contributed by atoms with Crippen LogP contribution in [0, 0.1) is 17.0 Å². The van der Waals surface area contributed by atoms with Crippen molar-refractivity contribution in [3.05, 3.63) is 69.3 Å². The Kier molecular flexibility index (Phi) is 5.52. The summed E-state index contributed by atoms with van der Waals surface area (Å²) in [5.41, 5.74) is 2.22. The minimum absolute atomic E-state index is 0.138. The quantitative estimate of drug-likeness (QED) is 0.600. The first kappa shape index (κ1) is 17.5. The van der Waals surface area contributed by atoms with Crippen molar-refractivity contribution in [1.82, 2.24) is 4.90 Å². The number of hydrogen-bond donors (Lipinski definition) is 0. The highest BCUT2D eigenvalue weighted by Gasteiger charge is 2.21. The highest BCUT2D eigenvalue weighted by Crippen LogP contribution is 2.28. The summed E-state index contributed by atoms with van der Waals surface area (Å²) < 4.78 is 4.97. The molecule has 0 heterocycles. The largest absolute Gasteiger partial charge is 0.490 e. The molecule has 0 aliphatic rings. The molecule has 2 aromatic rings. The summed E-state index contributed by atoms with van der Waals surface area (Å²) in [4.78, 5) is 25.0. The highest BCUT2D eigenvalue weighted by molar-refractivity contribution is 5.95. The minimum atomic E-state index is -0.548. The predicted molar refractivity (Wildman–Crippen MR) is 91.2 cm³/mol. The average Bonchev–Trinajstić information content (AvgIpc) is 2.59. The zero-order chi connectivity index (χ0) is 17.7. The molecule has 0 atom stereocenters. The van der Waals surface area contributed by atoms with Crippen molar-refractivity contribution in [2.45, 2.75) is 20.4 Å². The second kappa shape index (κ2) is 7.59. The van der Waals surface area contributed by atoms with E-state index in [9.17, 15) is 14.9 Å². The molecule has 0 spiro atoms. The molecule has 0 aliphatic heterocycles. The molecular weight excluding hydrogens is 308 g/mol. The van der Waals surface area contributed by atoms with E-state index in [-0.39, 0.29) is 22.9 Å². The van der Waals surface area contributed by atoms with Gasteiger partial charge in [-0.05, 0) is 37.1 Å². The van der Waals surface area contributed by atoms with Gasteiger partial charge < -0.3 is 9.64 Å². The number of nitrogens with zero attached hydrogens (tertiary/aromatic N) is 2. The maximum Gasteiger partial charge on any atom is 0.311 e. The fourth-order valence-electron chi connectivity index (χ4n) is 2.47. The van der Waals surface area contributed by atoms with Gasteiger partial charge in [-0.3, -0.25) is 14.9 Å². The van der Waals surface area contributed by atoms with Gasteiger partial charge in [0.15, 0.2) is 5.75 Å². The lowest BCUT2D eigenvalue weighted by atomic mass is 10.1. The number of carbonyl (C=O) groups is 1. The fourth-order valence-corrected chi connectivity index (χ4v) is 2.47. The molecule has 0 saturated heterocycles. The summed E-state index contributed by atoms with van der Waals surface area (Å²) >= 11 is 0. The van der Waals surface area contributed by atoms with Crippen molar-refractivity contribution in [3.63, 3.8) is 0 Å². The van der Waals surface area contributed by atoms with Gasteiger partial charge in [-0.15, -0.1) is 0 Å². The summed E-state index contributed by atoms with van der Waals surface area (Å²) in [6, 6.07) is 12.1. The van der Waals surface area contributed by atoms with E-state index in [1.165, 1.54) is 19.2 Å². The third-order valence-electron chi connectivity index (χ3n) is 3.91. The van der Waals surface area contributed by atoms with Crippen LogP contribution < -0.4 is 4.74 Å². The van der Waals surface area contributed by atoms with E-state index in [0.29, 0.717) is 13.1 Å². The molecule has 0 aromatic heterocycles. The predicted octanol–water partition coefficient (Wildman–Crippen LogP) is 3.57. The van der Waals surface area contributed by atoms with Gasteiger partial charge in [-0.1, -0.05) is 24.3 Å². The Hall–Kier alpha value is -2.89. The van der Waals surface area contributed by atoms with Crippen molar-refractivity contribution < 1.29 is 14.5 Å². The second-order valence-corrected chi connectivity index (χ2v) is 5.39. The summed E-state index contributed by atoms with van der Waals surface area (Å²) in [6.45, 7) is 4.84. The molecule has 126 valence electrons. The number of methoxy groups -OCH3 is 1. The molecule has 2 rings (SSSR count). The molecule has 6 nitrogen and oxygen atoms in total. The van der Waals surface area contributed by atoms with Crippen LogP contribution in [0.15, 0.2) is 42.5 Å². The first-order chi connectivity index (χ1) is 11.5. The molecule has 0 aliphatic carbocycles. The molecule has 6 heteroatoms. The normalized spacial score (nSPS) is 10.3. The Morgan fingerprint density at radius 1 is 1.25 bits per heavy atom. The van der Waals surface area contributed by atoms with Crippen LogP contribution in [-0.2, 0) is 6.54 Å². The fraction of sp³-hybridized carbons (Fsp3) is 0.278. The van der Waals surface area contributed by atoms with Crippen LogP contribution in [0.25, 0.3) is 0 Å². The van der Waals surface area contributed by atoms with Crippen LogP contribution in [0.1, 0.15) is 28.4 Å². The topological polar surface area (TPSA) is 72.7 Å². The molecule has 0 bridgehead atoms. The van der Waals surface area contributed by atoms with E-state index >= 15 is 0 Å². The lowest BCUT2D eigenvalue weighted by molar-refractivity contribution is -0.385. The van der Waals surface area contributed by atoms with Gasteiger partial charge in [0.05, 0.1) is 12.0 Å². The maximum absolute atomic E-state index is 12.7. The Morgan fingerprint density at radius 3 is 2.54 bits per heavy atom. The number of hydrogen-bond acceptors (Lipinski definition) is 4. The number of nitro benzene ring substituents is 1. The highest BCUT2D eigenvalue weighted by atomic mass is 16.6. The van der Waals surface area contributed by atoms with E-state index in [2.05, 4.69) is 0 Å². The van der Waals surface area contributed by atoms with Gasteiger partial charge in [0.1, 0.15) is 0 Å². The van der Waals surface area contributed by atoms with Crippen LogP contribution in [0.5, 0.6) is 5.75 Å². The van der Waals surface area contributed by atoms with Gasteiger partial charge in [0, 0.05) is 24.7 Å². The van der Waals surface area contributed by atoms with Gasteiger partial charge in [-0.2, -0.15) is 0 Å². The zero-order valence-electron chi connectivity index (χ0n) is 14.0. The molecule has 0 saturated carbocycles. The van der Waals surface area contributed by atoms with Gasteiger partial charge in [0.25, 0.3) is 5.91 Å². The Morgan fingerprint density at radius 2 is 1.96 bits per heavy atom. The molecule has 1 amide bonds. The summed E-state index contributed by atoms with van der Waals surface area (Å²) in [7, 11) is 1.36. The van der Waals surface area contributed by atoms with E-state index in [1.54, 1.807) is 11.0 Å². The number of carbonyl (C=O) groups excluding carboxylic acids is 1. The molecule has 0 fully saturated rings. The second-order valence-electron chi connectivity index (χ2n) is 5.39. The number of benzene rings is 2. The smallest absolute Gasteiger partial charge is 0.311 e. The SMILES string of the molecule is CCN(Cc1ccccc1C)C(=O)c1ccc(OC)c([N+](=O)[O-])c1. The summed E-state index contributed by atoms with van der Waals surface area (Å²) in [5.74, 6) is -0.106. The maximum atomic E-state index is 12.7. The van der Waals surface area contributed by atoms with Crippen molar-refractivity contribution in [3.8, 4) is 5.75 Å². The van der Waals surface area contributed by atoms with Crippen molar-refractivity contribution in [2.24, 2.45) is 0 Å². The van der Waals surface area contributed by atoms with E-state index < -0.39 is 4.92 Å². The molecule has 0 radical (unpaired) electrons. The number of rotatable bonds is 6. The van der Waals surface area contributed by atoms with Crippen molar-refractivity contribution >= 4 is 11.6 Å². The summed E-state index contributed by atoms with van der Waals surface area (Å²) in [5, 5.41) is 11.1. The van der Waals surface area contributed by atoms with Crippen LogP contribution in [-0.4, -0.2) is 29.4 Å². The molecule has 24 heavy (non-hydrogen) atoms. The Bertz CT molecular complexity index is 758. The van der Waals surface area contributed by atoms with Gasteiger partial charge in [0.2, 0.25) is 0 Å². The molecule has 2 aromatic carbocycles. The Labute approximate surface area is 140 Å². The number of amides is 1. The van der Waals surface area contributed by atoms with E-state index in [0.717, 1.165) is 11.1 Å². The van der Waals surface area contributed by atoms with Crippen molar-refractivity contribution in [2.75, 3.05) is 13.7 Å². The average molecular weight is 328 g/mol. The monoisotopic (exact) mass is 328 g/mol. The van der Waals surface area contributed by atoms with E-state index in [4.69, 9.17) is 4.74 Å². The third kappa shape index (κ3) is 3.71. The molecular formula is C18H20N2O4. The lowest BCUT2D eigenvalue weighted by Crippen LogP contribution is -2.30. The van der Waals surface area contributed by atoms with Crippen molar-refractivity contribution in [1.29, 1.82) is 0 Å².